The minimum atomic E-state index is 0.189. The zero-order valence-electron chi connectivity index (χ0n) is 5.16. The molecule has 0 aromatic rings. The van der Waals surface area contributed by atoms with Gasteiger partial charge in [0.2, 0.25) is 0 Å². The number of unbranched alkanes of at least 4 members (excludes halogenated alkanes) is 2. The molecule has 0 rings (SSSR count). The van der Waals surface area contributed by atoms with E-state index in [2.05, 4.69) is 22.9 Å². The monoisotopic (exact) mass is 198 g/mol. The van der Waals surface area contributed by atoms with E-state index in [1.165, 1.54) is 19.3 Å². The van der Waals surface area contributed by atoms with Crippen LogP contribution in [0.25, 0.3) is 0 Å². The third kappa shape index (κ3) is 6.77. The summed E-state index contributed by atoms with van der Waals surface area (Å²) in [6.07, 6.45) is 4.91. The first kappa shape index (κ1) is 8.77. The van der Waals surface area contributed by atoms with Crippen LogP contribution in [0.3, 0.4) is 0 Å². The fourth-order valence-electron chi connectivity index (χ4n) is 0.549. The molecule has 1 atom stereocenters. The minimum Gasteiger partial charge on any atom is -0.110 e. The predicted molar refractivity (Wildman–Crippen MR) is 42.7 cm³/mol. The zero-order chi connectivity index (χ0) is 6.41. The standard InChI is InChI=1S/C6H12BrCl/c1-2-3-4-5-6(7)8/h6H,2-5H2,1H3. The maximum absolute atomic E-state index is 5.63. The highest BCUT2D eigenvalue weighted by Gasteiger charge is 1.94. The summed E-state index contributed by atoms with van der Waals surface area (Å²) < 4.78 is 0.189. The van der Waals surface area contributed by atoms with Gasteiger partial charge < -0.3 is 0 Å². The van der Waals surface area contributed by atoms with Crippen LogP contribution >= 0.6 is 27.5 Å². The number of alkyl halides is 2. The summed E-state index contributed by atoms with van der Waals surface area (Å²) >= 11 is 8.90. The average Bonchev–Trinajstić information content (AvgIpc) is 1.66. The van der Waals surface area contributed by atoms with E-state index in [0.29, 0.717) is 0 Å². The smallest absolute Gasteiger partial charge is 0.0886 e. The second-order valence-corrected chi connectivity index (χ2v) is 4.05. The van der Waals surface area contributed by atoms with Crippen LogP contribution in [0.4, 0.5) is 0 Å². The maximum atomic E-state index is 5.63. The van der Waals surface area contributed by atoms with Crippen molar-refractivity contribution >= 4 is 27.5 Å². The molecule has 0 heterocycles. The van der Waals surface area contributed by atoms with E-state index in [-0.39, 0.29) is 4.29 Å². The van der Waals surface area contributed by atoms with Crippen LogP contribution in [-0.2, 0) is 0 Å². The molecule has 0 fully saturated rings. The fraction of sp³-hybridized carbons (Fsp3) is 1.00. The van der Waals surface area contributed by atoms with Gasteiger partial charge in [0.1, 0.15) is 0 Å². The van der Waals surface area contributed by atoms with E-state index < -0.39 is 0 Å². The van der Waals surface area contributed by atoms with Gasteiger partial charge in [-0.2, -0.15) is 0 Å². The van der Waals surface area contributed by atoms with E-state index in [4.69, 9.17) is 11.6 Å². The maximum Gasteiger partial charge on any atom is 0.0886 e. The van der Waals surface area contributed by atoms with Crippen molar-refractivity contribution in [2.45, 2.75) is 36.9 Å². The van der Waals surface area contributed by atoms with Crippen molar-refractivity contribution in [3.05, 3.63) is 0 Å². The molecule has 0 saturated carbocycles. The Morgan fingerprint density at radius 1 is 1.50 bits per heavy atom. The van der Waals surface area contributed by atoms with Crippen molar-refractivity contribution in [2.24, 2.45) is 0 Å². The van der Waals surface area contributed by atoms with E-state index in [1.54, 1.807) is 0 Å². The first-order valence-corrected chi connectivity index (χ1v) is 4.40. The number of hydrogen-bond donors (Lipinski definition) is 0. The lowest BCUT2D eigenvalue weighted by Crippen LogP contribution is -1.84. The lowest BCUT2D eigenvalue weighted by molar-refractivity contribution is 0.697. The molecule has 0 radical (unpaired) electrons. The molecule has 0 aromatic carbocycles. The molecule has 0 N–H and O–H groups in total. The highest BCUT2D eigenvalue weighted by Crippen LogP contribution is 2.13. The Bertz CT molecular complexity index is 45.8. The Morgan fingerprint density at radius 2 is 2.12 bits per heavy atom. The van der Waals surface area contributed by atoms with Crippen molar-refractivity contribution < 1.29 is 0 Å². The van der Waals surface area contributed by atoms with Gasteiger partial charge in [0.15, 0.2) is 0 Å². The summed E-state index contributed by atoms with van der Waals surface area (Å²) in [4.78, 5) is 0. The Balaban J connectivity index is 2.72. The summed E-state index contributed by atoms with van der Waals surface area (Å²) in [5.41, 5.74) is 0. The molecule has 2 heteroatoms. The summed E-state index contributed by atoms with van der Waals surface area (Å²) in [5, 5.41) is 0. The molecular formula is C6H12BrCl. The van der Waals surface area contributed by atoms with Gasteiger partial charge in [-0.1, -0.05) is 42.1 Å². The van der Waals surface area contributed by atoms with Crippen LogP contribution in [0.2, 0.25) is 0 Å². The molecule has 0 saturated heterocycles. The van der Waals surface area contributed by atoms with Gasteiger partial charge in [0.25, 0.3) is 0 Å². The zero-order valence-corrected chi connectivity index (χ0v) is 7.50. The van der Waals surface area contributed by atoms with Crippen LogP contribution in [0.1, 0.15) is 32.6 Å². The molecule has 1 unspecified atom stereocenters. The molecular weight excluding hydrogens is 187 g/mol. The second-order valence-electron chi connectivity index (χ2n) is 1.89. The molecule has 8 heavy (non-hydrogen) atoms. The average molecular weight is 200 g/mol. The summed E-state index contributed by atoms with van der Waals surface area (Å²) in [6.45, 7) is 2.19. The van der Waals surface area contributed by atoms with Crippen LogP contribution in [0, 0.1) is 0 Å². The highest BCUT2D eigenvalue weighted by atomic mass is 79.9. The lowest BCUT2D eigenvalue weighted by Gasteiger charge is -1.97. The molecule has 0 amide bonds. The lowest BCUT2D eigenvalue weighted by atomic mass is 10.2. The Kier molecular flexibility index (Phi) is 6.47. The molecule has 50 valence electrons. The first-order chi connectivity index (χ1) is 3.77. The molecule has 0 aliphatic rings. The van der Waals surface area contributed by atoms with Gasteiger partial charge >= 0.3 is 0 Å². The Hall–Kier alpha value is 0.770. The van der Waals surface area contributed by atoms with Crippen molar-refractivity contribution in [3.63, 3.8) is 0 Å². The van der Waals surface area contributed by atoms with Gasteiger partial charge in [-0.25, -0.2) is 0 Å². The molecule has 0 aliphatic carbocycles. The van der Waals surface area contributed by atoms with E-state index in [9.17, 15) is 0 Å². The van der Waals surface area contributed by atoms with Crippen molar-refractivity contribution in [3.8, 4) is 0 Å². The van der Waals surface area contributed by atoms with E-state index in [1.807, 2.05) is 0 Å². The minimum absolute atomic E-state index is 0.189. The van der Waals surface area contributed by atoms with Crippen LogP contribution < -0.4 is 0 Å². The second kappa shape index (κ2) is 5.90. The number of halogens is 2. The highest BCUT2D eigenvalue weighted by molar-refractivity contribution is 9.10. The largest absolute Gasteiger partial charge is 0.110 e. The summed E-state index contributed by atoms with van der Waals surface area (Å²) in [5.74, 6) is 0. The Morgan fingerprint density at radius 3 is 2.50 bits per heavy atom. The van der Waals surface area contributed by atoms with Crippen molar-refractivity contribution in [1.29, 1.82) is 0 Å². The number of hydrogen-bond acceptors (Lipinski definition) is 0. The first-order valence-electron chi connectivity index (χ1n) is 3.05. The predicted octanol–water partition coefficient (Wildman–Crippen LogP) is 3.53. The number of rotatable bonds is 4. The van der Waals surface area contributed by atoms with E-state index in [0.717, 1.165) is 6.42 Å². The summed E-state index contributed by atoms with van der Waals surface area (Å²) in [7, 11) is 0. The topological polar surface area (TPSA) is 0 Å². The molecule has 0 aromatic heterocycles. The SMILES string of the molecule is CCCCCC(Cl)Br. The van der Waals surface area contributed by atoms with Gasteiger partial charge in [0.05, 0.1) is 4.29 Å². The molecule has 0 nitrogen and oxygen atoms in total. The Labute approximate surface area is 64.7 Å². The van der Waals surface area contributed by atoms with Gasteiger partial charge in [-0.05, 0) is 6.42 Å². The van der Waals surface area contributed by atoms with Gasteiger partial charge in [0, 0.05) is 0 Å². The quantitative estimate of drug-likeness (QED) is 0.480. The van der Waals surface area contributed by atoms with Crippen molar-refractivity contribution in [2.75, 3.05) is 0 Å². The van der Waals surface area contributed by atoms with Crippen LogP contribution in [0.15, 0.2) is 0 Å². The molecule has 0 spiro atoms. The summed E-state index contributed by atoms with van der Waals surface area (Å²) in [6, 6.07) is 0. The normalized spacial score (nSPS) is 13.9. The van der Waals surface area contributed by atoms with Gasteiger partial charge in [-0.15, -0.1) is 11.6 Å². The molecule has 0 aliphatic heterocycles. The van der Waals surface area contributed by atoms with Crippen LogP contribution in [0.5, 0.6) is 0 Å². The molecule has 0 bridgehead atoms. The van der Waals surface area contributed by atoms with E-state index >= 15 is 0 Å². The third-order valence-corrected chi connectivity index (χ3v) is 1.70. The third-order valence-electron chi connectivity index (χ3n) is 1.03. The van der Waals surface area contributed by atoms with Crippen molar-refractivity contribution in [1.82, 2.24) is 0 Å². The van der Waals surface area contributed by atoms with Crippen LogP contribution in [-0.4, -0.2) is 4.29 Å². The fourth-order valence-corrected chi connectivity index (χ4v) is 1.03. The van der Waals surface area contributed by atoms with Gasteiger partial charge in [-0.3, -0.25) is 0 Å².